The maximum Gasteiger partial charge on any atom is 0.187 e. The third kappa shape index (κ3) is 4.52. The van der Waals surface area contributed by atoms with Gasteiger partial charge < -0.3 is 4.43 Å². The predicted molar refractivity (Wildman–Crippen MR) is 116 cm³/mol. The lowest BCUT2D eigenvalue weighted by Gasteiger charge is -2.43. The van der Waals surface area contributed by atoms with Gasteiger partial charge in [0.25, 0.3) is 0 Å². The van der Waals surface area contributed by atoms with E-state index in [0.29, 0.717) is 0 Å². The molecule has 0 saturated carbocycles. The molecule has 25 heavy (non-hydrogen) atoms. The van der Waals surface area contributed by atoms with Crippen molar-refractivity contribution in [3.05, 3.63) is 60.7 Å². The monoisotopic (exact) mass is 370 g/mol. The van der Waals surface area contributed by atoms with E-state index < -0.39 is 15.4 Å². The van der Waals surface area contributed by atoms with Crippen molar-refractivity contribution in [2.24, 2.45) is 0 Å². The molecule has 2 aromatic rings. The van der Waals surface area contributed by atoms with Crippen LogP contribution in [0.4, 0.5) is 0 Å². The van der Waals surface area contributed by atoms with Gasteiger partial charge in [0.1, 0.15) is 7.59 Å². The first-order valence-electron chi connectivity index (χ1n) is 9.83. The minimum atomic E-state index is -1.92. The van der Waals surface area contributed by atoms with E-state index in [1.54, 1.807) is 0 Å². The molecule has 0 N–H and O–H groups in total. The first-order valence-corrected chi connectivity index (χ1v) is 15.9. The van der Waals surface area contributed by atoms with Crippen LogP contribution in [0, 0.1) is 0 Å². The summed E-state index contributed by atoms with van der Waals surface area (Å²) in [6.07, 6.45) is 5.27. The highest BCUT2D eigenvalue weighted by atomic mass is 29.3. The summed E-state index contributed by atoms with van der Waals surface area (Å²) in [6, 6.07) is 23.7. The third-order valence-corrected chi connectivity index (χ3v) is 22.3. The fourth-order valence-electron chi connectivity index (χ4n) is 3.99. The van der Waals surface area contributed by atoms with Crippen LogP contribution in [0.25, 0.3) is 0 Å². The van der Waals surface area contributed by atoms with Gasteiger partial charge in [0, 0.05) is 6.61 Å². The Kier molecular flexibility index (Phi) is 7.66. The summed E-state index contributed by atoms with van der Waals surface area (Å²) in [7, 11) is -3.82. The fourth-order valence-corrected chi connectivity index (χ4v) is 17.8. The molecule has 1 nitrogen and oxygen atoms in total. The fraction of sp³-hybridized carbons (Fsp3) is 0.455. The first kappa shape index (κ1) is 20.1. The van der Waals surface area contributed by atoms with Gasteiger partial charge in [0.05, 0.1) is 0 Å². The molecule has 136 valence electrons. The average molecular weight is 371 g/mol. The number of unbranched alkanes of at least 4 members (excludes halogenated alkanes) is 3. The van der Waals surface area contributed by atoms with Gasteiger partial charge >= 0.3 is 0 Å². The molecular formula is C22H34OSi2. The third-order valence-electron chi connectivity index (χ3n) is 5.73. The zero-order valence-electron chi connectivity index (χ0n) is 16.4. The maximum atomic E-state index is 6.68. The van der Waals surface area contributed by atoms with Gasteiger partial charge in [-0.3, -0.25) is 0 Å². The van der Waals surface area contributed by atoms with Gasteiger partial charge in [-0.15, -0.1) is 0 Å². The van der Waals surface area contributed by atoms with E-state index in [0.717, 1.165) is 6.61 Å². The molecule has 2 rings (SSSR count). The Morgan fingerprint density at radius 1 is 0.720 bits per heavy atom. The minimum absolute atomic E-state index is 0.832. The molecule has 0 spiro atoms. The molecule has 2 aromatic carbocycles. The maximum absolute atomic E-state index is 6.68. The van der Waals surface area contributed by atoms with Crippen molar-refractivity contribution in [1.82, 2.24) is 0 Å². The van der Waals surface area contributed by atoms with E-state index in [4.69, 9.17) is 4.43 Å². The van der Waals surface area contributed by atoms with Crippen LogP contribution >= 0.6 is 0 Å². The second kappa shape index (κ2) is 9.51. The van der Waals surface area contributed by atoms with Crippen LogP contribution in [0.3, 0.4) is 0 Å². The van der Waals surface area contributed by atoms with Crippen LogP contribution in [-0.4, -0.2) is 22.0 Å². The molecule has 1 unspecified atom stereocenters. The standard InChI is InChI=1S/C22H34OSi2/c1-5-7-8-15-20-24(3,23-6-2)25(4,21-16-11-9-12-17-21)22-18-13-10-14-19-22/h9-14,16-19H,5-8,15,20H2,1-4H3. The van der Waals surface area contributed by atoms with E-state index in [1.165, 1.54) is 42.1 Å². The quantitative estimate of drug-likeness (QED) is 0.415. The molecule has 0 bridgehead atoms. The summed E-state index contributed by atoms with van der Waals surface area (Å²) in [5.74, 6) is 0. The van der Waals surface area contributed by atoms with Crippen LogP contribution in [-0.2, 0) is 4.43 Å². The number of benzene rings is 2. The normalized spacial score (nSPS) is 14.2. The lowest BCUT2D eigenvalue weighted by Crippen LogP contribution is -2.74. The van der Waals surface area contributed by atoms with E-state index in [1.807, 2.05) is 0 Å². The zero-order chi connectivity index (χ0) is 18.2. The van der Waals surface area contributed by atoms with Crippen molar-refractivity contribution in [3.8, 4) is 0 Å². The Balaban J connectivity index is 2.47. The first-order chi connectivity index (χ1) is 12.1. The molecule has 0 radical (unpaired) electrons. The van der Waals surface area contributed by atoms with Crippen molar-refractivity contribution in [2.75, 3.05) is 6.61 Å². The molecule has 0 aliphatic heterocycles. The Morgan fingerprint density at radius 2 is 1.24 bits per heavy atom. The van der Waals surface area contributed by atoms with Gasteiger partial charge in [0.2, 0.25) is 0 Å². The summed E-state index contributed by atoms with van der Waals surface area (Å²) in [5, 5.41) is 3.05. The number of rotatable bonds is 10. The largest absolute Gasteiger partial charge is 0.419 e. The zero-order valence-corrected chi connectivity index (χ0v) is 18.4. The molecule has 1 atom stereocenters. The predicted octanol–water partition coefficient (Wildman–Crippen LogP) is 5.15. The molecule has 0 fully saturated rings. The lowest BCUT2D eigenvalue weighted by atomic mass is 10.2. The van der Waals surface area contributed by atoms with Gasteiger partial charge in [-0.05, 0) is 19.5 Å². The summed E-state index contributed by atoms with van der Waals surface area (Å²) >= 11 is 0. The molecule has 0 aliphatic carbocycles. The van der Waals surface area contributed by atoms with E-state index in [-0.39, 0.29) is 0 Å². The van der Waals surface area contributed by atoms with Gasteiger partial charge in [-0.25, -0.2) is 0 Å². The van der Waals surface area contributed by atoms with E-state index in [9.17, 15) is 0 Å². The summed E-state index contributed by atoms with van der Waals surface area (Å²) in [6.45, 7) is 10.3. The SMILES string of the molecule is CCCCCC[Si](C)(OCC)[Si](C)(c1ccccc1)c1ccccc1. The van der Waals surface area contributed by atoms with Crippen molar-refractivity contribution in [2.45, 2.75) is 58.7 Å². The van der Waals surface area contributed by atoms with Crippen LogP contribution < -0.4 is 10.4 Å². The molecule has 0 aliphatic rings. The van der Waals surface area contributed by atoms with E-state index >= 15 is 0 Å². The molecule has 0 saturated heterocycles. The van der Waals surface area contributed by atoms with Crippen molar-refractivity contribution in [1.29, 1.82) is 0 Å². The smallest absolute Gasteiger partial charge is 0.187 e. The van der Waals surface area contributed by atoms with Gasteiger partial charge in [0.15, 0.2) is 7.83 Å². The molecular weight excluding hydrogens is 336 g/mol. The van der Waals surface area contributed by atoms with Crippen LogP contribution in [0.1, 0.15) is 39.5 Å². The molecule has 0 heterocycles. The van der Waals surface area contributed by atoms with Gasteiger partial charge in [-0.1, -0.05) is 110 Å². The van der Waals surface area contributed by atoms with Crippen molar-refractivity contribution >= 4 is 25.8 Å². The highest BCUT2D eigenvalue weighted by Crippen LogP contribution is 2.27. The second-order valence-electron chi connectivity index (χ2n) is 7.33. The van der Waals surface area contributed by atoms with Crippen molar-refractivity contribution in [3.63, 3.8) is 0 Å². The number of hydrogen-bond donors (Lipinski definition) is 0. The highest BCUT2D eigenvalue weighted by molar-refractivity contribution is 7.49. The van der Waals surface area contributed by atoms with Crippen LogP contribution in [0.15, 0.2) is 60.7 Å². The minimum Gasteiger partial charge on any atom is -0.419 e. The Hall–Kier alpha value is -1.17. The van der Waals surface area contributed by atoms with Gasteiger partial charge in [-0.2, -0.15) is 0 Å². The van der Waals surface area contributed by atoms with E-state index in [2.05, 4.69) is 87.6 Å². The summed E-state index contributed by atoms with van der Waals surface area (Å²) in [5.41, 5.74) is 0. The van der Waals surface area contributed by atoms with Crippen LogP contribution in [0.2, 0.25) is 19.1 Å². The Morgan fingerprint density at radius 3 is 1.68 bits per heavy atom. The molecule has 3 heteroatoms. The topological polar surface area (TPSA) is 9.23 Å². The highest BCUT2D eigenvalue weighted by Gasteiger charge is 2.52. The lowest BCUT2D eigenvalue weighted by molar-refractivity contribution is 0.335. The summed E-state index contributed by atoms with van der Waals surface area (Å²) in [4.78, 5) is 0. The Bertz CT molecular complexity index is 575. The molecule has 0 amide bonds. The average Bonchev–Trinajstić information content (AvgIpc) is 2.66. The molecule has 0 aromatic heterocycles. The summed E-state index contributed by atoms with van der Waals surface area (Å²) < 4.78 is 6.68. The van der Waals surface area contributed by atoms with Crippen molar-refractivity contribution < 1.29 is 4.43 Å². The number of hydrogen-bond acceptors (Lipinski definition) is 1. The Labute approximate surface area is 156 Å². The van der Waals surface area contributed by atoms with Crippen LogP contribution in [0.5, 0.6) is 0 Å². The second-order valence-corrected chi connectivity index (χ2v) is 20.2.